The molecular weight excluding hydrogens is 382 g/mol. The molecule has 1 unspecified atom stereocenters. The van der Waals surface area contributed by atoms with Gasteiger partial charge in [0.05, 0.1) is 24.1 Å². The largest absolute Gasteiger partial charge is 0.496 e. The molecule has 0 bridgehead atoms. The second-order valence-corrected chi connectivity index (χ2v) is 8.34. The van der Waals surface area contributed by atoms with Crippen molar-refractivity contribution in [1.29, 1.82) is 0 Å². The van der Waals surface area contributed by atoms with E-state index in [1.54, 1.807) is 7.11 Å². The molecule has 0 N–H and O–H groups in total. The molecule has 1 aromatic heterocycles. The van der Waals surface area contributed by atoms with Crippen molar-refractivity contribution in [2.75, 3.05) is 7.11 Å². The Balaban J connectivity index is 1.82. The van der Waals surface area contributed by atoms with E-state index in [4.69, 9.17) is 9.72 Å². The van der Waals surface area contributed by atoms with E-state index in [2.05, 4.69) is 50.2 Å². The topological polar surface area (TPSA) is 39.2 Å². The van der Waals surface area contributed by atoms with E-state index in [0.717, 1.165) is 49.1 Å². The van der Waals surface area contributed by atoms with Crippen LogP contribution in [0.5, 0.6) is 5.75 Å². The number of ether oxygens (including phenoxy) is 1. The lowest BCUT2D eigenvalue weighted by Crippen LogP contribution is -2.20. The van der Waals surface area contributed by atoms with E-state index in [-0.39, 0.29) is 11.7 Å². The van der Waals surface area contributed by atoms with Crippen LogP contribution >= 0.6 is 0 Å². The summed E-state index contributed by atoms with van der Waals surface area (Å²) in [5.41, 5.74) is 8.43. The second-order valence-electron chi connectivity index (χ2n) is 8.34. The number of hydrogen-bond donors (Lipinski definition) is 0. The number of ketones is 1. The van der Waals surface area contributed by atoms with Gasteiger partial charge in [-0.3, -0.25) is 9.78 Å². The number of methoxy groups -OCH3 is 1. The van der Waals surface area contributed by atoms with E-state index in [1.165, 1.54) is 22.3 Å². The van der Waals surface area contributed by atoms with Crippen molar-refractivity contribution in [3.63, 3.8) is 0 Å². The number of aromatic nitrogens is 1. The molecule has 0 amide bonds. The summed E-state index contributed by atoms with van der Waals surface area (Å²) in [6.07, 6.45) is 4.82. The lowest BCUT2D eigenvalue weighted by molar-refractivity contribution is 0.0947. The highest BCUT2D eigenvalue weighted by atomic mass is 16.5. The summed E-state index contributed by atoms with van der Waals surface area (Å²) in [5, 5.41) is 0. The molecule has 1 aliphatic rings. The molecule has 3 aromatic rings. The predicted octanol–water partition coefficient (Wildman–Crippen LogP) is 6.49. The summed E-state index contributed by atoms with van der Waals surface area (Å²) in [6.45, 7) is 6.27. The van der Waals surface area contributed by atoms with Gasteiger partial charge in [0.1, 0.15) is 5.75 Å². The molecular formula is C28H31NO2. The van der Waals surface area contributed by atoms with Crippen LogP contribution in [0.25, 0.3) is 11.3 Å². The molecule has 1 aliphatic carbocycles. The molecule has 0 fully saturated rings. The molecule has 2 aromatic carbocycles. The molecule has 0 saturated heterocycles. The molecule has 0 spiro atoms. The predicted molar refractivity (Wildman–Crippen MR) is 126 cm³/mol. The lowest BCUT2D eigenvalue weighted by atomic mass is 9.78. The molecule has 3 nitrogen and oxygen atoms in total. The first-order valence-corrected chi connectivity index (χ1v) is 11.4. The Morgan fingerprint density at radius 1 is 1.06 bits per heavy atom. The summed E-state index contributed by atoms with van der Waals surface area (Å²) in [4.78, 5) is 18.7. The number of benzene rings is 2. The van der Waals surface area contributed by atoms with Crippen LogP contribution in [-0.2, 0) is 19.3 Å². The van der Waals surface area contributed by atoms with Crippen molar-refractivity contribution in [3.8, 4) is 17.0 Å². The maximum Gasteiger partial charge on any atom is 0.175 e. The number of aryl methyl sites for hydroxylation is 4. The van der Waals surface area contributed by atoms with Crippen LogP contribution in [0.2, 0.25) is 0 Å². The molecule has 0 aliphatic heterocycles. The minimum absolute atomic E-state index is 0.125. The van der Waals surface area contributed by atoms with Gasteiger partial charge in [-0.05, 0) is 61.3 Å². The highest BCUT2D eigenvalue weighted by Gasteiger charge is 2.31. The fourth-order valence-electron chi connectivity index (χ4n) is 5.00. The van der Waals surface area contributed by atoms with Gasteiger partial charge in [0.25, 0.3) is 0 Å². The summed E-state index contributed by atoms with van der Waals surface area (Å²) < 4.78 is 5.77. The summed E-state index contributed by atoms with van der Waals surface area (Å²) in [6, 6.07) is 16.7. The number of Topliss-reactive ketones (excluding diaryl/α,β-unsaturated/α-hetero) is 1. The van der Waals surface area contributed by atoms with Crippen molar-refractivity contribution in [3.05, 3.63) is 82.0 Å². The van der Waals surface area contributed by atoms with Gasteiger partial charge in [-0.2, -0.15) is 0 Å². The van der Waals surface area contributed by atoms with Crippen molar-refractivity contribution < 1.29 is 9.53 Å². The van der Waals surface area contributed by atoms with E-state index in [9.17, 15) is 4.79 Å². The molecule has 1 atom stereocenters. The van der Waals surface area contributed by atoms with Gasteiger partial charge < -0.3 is 4.74 Å². The quantitative estimate of drug-likeness (QED) is 0.433. The molecule has 1 heterocycles. The third kappa shape index (κ3) is 3.89. The monoisotopic (exact) mass is 413 g/mol. The minimum Gasteiger partial charge on any atom is -0.496 e. The smallest absolute Gasteiger partial charge is 0.175 e. The summed E-state index contributed by atoms with van der Waals surface area (Å²) in [5.74, 6) is 0.628. The zero-order valence-electron chi connectivity index (χ0n) is 19.0. The Labute approximate surface area is 185 Å². The zero-order chi connectivity index (χ0) is 22.0. The van der Waals surface area contributed by atoms with E-state index in [0.29, 0.717) is 11.3 Å². The summed E-state index contributed by atoms with van der Waals surface area (Å²) >= 11 is 0. The first-order valence-electron chi connectivity index (χ1n) is 11.4. The molecule has 160 valence electrons. The van der Waals surface area contributed by atoms with Crippen LogP contribution in [0.4, 0.5) is 0 Å². The number of hydrogen-bond acceptors (Lipinski definition) is 3. The van der Waals surface area contributed by atoms with Crippen LogP contribution in [0.3, 0.4) is 0 Å². The first-order chi connectivity index (χ1) is 15.1. The second kappa shape index (κ2) is 9.05. The Morgan fingerprint density at radius 2 is 1.77 bits per heavy atom. The number of carbonyl (C=O) groups is 1. The number of pyridine rings is 1. The number of fused-ring (bicyclic) bond motifs is 1. The SMILES string of the molecule is CCc1cccc(CC)c1-c1cc(OC)c(C(=O)C2CCCc3ccccc32)c(C)n1. The van der Waals surface area contributed by atoms with Gasteiger partial charge >= 0.3 is 0 Å². The first kappa shape index (κ1) is 21.3. The van der Waals surface area contributed by atoms with Gasteiger partial charge in [0, 0.05) is 17.5 Å². The standard InChI is InChI=1S/C28H31NO2/c1-5-19-12-9-13-20(6-2)27(19)24-17-25(31-4)26(18(3)29-24)28(30)23-16-10-14-21-11-7-8-15-22(21)23/h7-9,11-13,15,17,23H,5-6,10,14,16H2,1-4H3. The van der Waals surface area contributed by atoms with Crippen LogP contribution in [0.15, 0.2) is 48.5 Å². The van der Waals surface area contributed by atoms with Crippen LogP contribution in [-0.4, -0.2) is 17.9 Å². The number of rotatable bonds is 6. The van der Waals surface area contributed by atoms with Crippen molar-refractivity contribution in [1.82, 2.24) is 4.98 Å². The van der Waals surface area contributed by atoms with E-state index >= 15 is 0 Å². The minimum atomic E-state index is -0.126. The lowest BCUT2D eigenvalue weighted by Gasteiger charge is -2.25. The Hall–Kier alpha value is -2.94. The third-order valence-electron chi connectivity index (χ3n) is 6.57. The Bertz CT molecular complexity index is 1090. The molecule has 0 radical (unpaired) electrons. The average Bonchev–Trinajstić information content (AvgIpc) is 2.82. The highest BCUT2D eigenvalue weighted by Crippen LogP contribution is 2.38. The van der Waals surface area contributed by atoms with Gasteiger partial charge in [-0.25, -0.2) is 0 Å². The maximum absolute atomic E-state index is 13.7. The molecule has 0 saturated carbocycles. The fraction of sp³-hybridized carbons (Fsp3) is 0.357. The van der Waals surface area contributed by atoms with Gasteiger partial charge in [-0.15, -0.1) is 0 Å². The van der Waals surface area contributed by atoms with Crippen molar-refractivity contribution in [2.45, 2.75) is 58.8 Å². The van der Waals surface area contributed by atoms with Gasteiger partial charge in [0.2, 0.25) is 0 Å². The molecule has 4 rings (SSSR count). The molecule has 31 heavy (non-hydrogen) atoms. The zero-order valence-corrected chi connectivity index (χ0v) is 19.0. The number of carbonyl (C=O) groups excluding carboxylic acids is 1. The van der Waals surface area contributed by atoms with Gasteiger partial charge in [0.15, 0.2) is 5.78 Å². The average molecular weight is 414 g/mol. The number of nitrogens with zero attached hydrogens (tertiary/aromatic N) is 1. The molecule has 3 heteroatoms. The van der Waals surface area contributed by atoms with E-state index in [1.807, 2.05) is 19.1 Å². The van der Waals surface area contributed by atoms with Crippen molar-refractivity contribution in [2.24, 2.45) is 0 Å². The Kier molecular flexibility index (Phi) is 6.22. The van der Waals surface area contributed by atoms with Gasteiger partial charge in [-0.1, -0.05) is 56.3 Å². The van der Waals surface area contributed by atoms with Crippen molar-refractivity contribution >= 4 is 5.78 Å². The highest BCUT2D eigenvalue weighted by molar-refractivity contribution is 6.04. The normalized spacial score (nSPS) is 15.4. The third-order valence-corrected chi connectivity index (χ3v) is 6.57. The fourth-order valence-corrected chi connectivity index (χ4v) is 5.00. The van der Waals surface area contributed by atoms with Crippen LogP contribution < -0.4 is 4.74 Å². The maximum atomic E-state index is 13.7. The Morgan fingerprint density at radius 3 is 2.45 bits per heavy atom. The van der Waals surface area contributed by atoms with Crippen LogP contribution in [0.1, 0.15) is 70.9 Å². The van der Waals surface area contributed by atoms with Crippen LogP contribution in [0, 0.1) is 6.92 Å². The summed E-state index contributed by atoms with van der Waals surface area (Å²) in [7, 11) is 1.65. The van der Waals surface area contributed by atoms with E-state index < -0.39 is 0 Å².